The van der Waals surface area contributed by atoms with Crippen LogP contribution in [0.5, 0.6) is 5.75 Å². The van der Waals surface area contributed by atoms with Crippen molar-refractivity contribution in [2.75, 3.05) is 39.5 Å². The summed E-state index contributed by atoms with van der Waals surface area (Å²) in [4.78, 5) is 2.41. The lowest BCUT2D eigenvalue weighted by molar-refractivity contribution is -0.0734. The maximum atomic E-state index is 5.93. The van der Waals surface area contributed by atoms with E-state index in [-0.39, 0.29) is 0 Å². The lowest BCUT2D eigenvalue weighted by Gasteiger charge is -2.35. The molecule has 0 amide bonds. The maximum absolute atomic E-state index is 5.93. The zero-order valence-electron chi connectivity index (χ0n) is 15.7. The Labute approximate surface area is 147 Å². The van der Waals surface area contributed by atoms with Crippen LogP contribution in [0.2, 0.25) is 0 Å². The van der Waals surface area contributed by atoms with Crippen LogP contribution in [0.4, 0.5) is 0 Å². The second kappa shape index (κ2) is 10.0. The molecule has 1 heterocycles. The first kappa shape index (κ1) is 19.2. The van der Waals surface area contributed by atoms with Crippen molar-refractivity contribution in [2.24, 2.45) is 0 Å². The molecule has 0 radical (unpaired) electrons. The number of rotatable bonds is 9. The zero-order valence-corrected chi connectivity index (χ0v) is 15.7. The van der Waals surface area contributed by atoms with Gasteiger partial charge in [-0.25, -0.2) is 0 Å². The van der Waals surface area contributed by atoms with E-state index in [0.29, 0.717) is 31.3 Å². The summed E-state index contributed by atoms with van der Waals surface area (Å²) in [6.07, 6.45) is 1.75. The van der Waals surface area contributed by atoms with Crippen LogP contribution in [0.1, 0.15) is 45.6 Å². The quantitative estimate of drug-likeness (QED) is 0.644. The highest BCUT2D eigenvalue weighted by Gasteiger charge is 2.21. The van der Waals surface area contributed by atoms with Gasteiger partial charge in [0.15, 0.2) is 0 Å². The third-order valence-electron chi connectivity index (χ3n) is 4.59. The average Bonchev–Trinajstić information content (AvgIpc) is 2.56. The van der Waals surface area contributed by atoms with Crippen LogP contribution in [-0.2, 0) is 9.47 Å². The van der Waals surface area contributed by atoms with Crippen LogP contribution in [0, 0.1) is 0 Å². The number of ether oxygens (including phenoxy) is 3. The molecule has 4 nitrogen and oxygen atoms in total. The second-order valence-electron chi connectivity index (χ2n) is 6.82. The van der Waals surface area contributed by atoms with Crippen molar-refractivity contribution < 1.29 is 14.2 Å². The van der Waals surface area contributed by atoms with Crippen molar-refractivity contribution in [3.05, 3.63) is 29.8 Å². The third-order valence-corrected chi connectivity index (χ3v) is 4.59. The SMILES string of the molecule is CC[C@H](C)c1ccccc1OCCOCCN1C[C@H](C)O[C@@H](C)C1. The minimum Gasteiger partial charge on any atom is -0.491 e. The molecule has 136 valence electrons. The molecule has 0 saturated carbocycles. The summed E-state index contributed by atoms with van der Waals surface area (Å²) in [6.45, 7) is 13.6. The fourth-order valence-corrected chi connectivity index (χ4v) is 3.21. The van der Waals surface area contributed by atoms with Gasteiger partial charge in [0.1, 0.15) is 12.4 Å². The summed E-state index contributed by atoms with van der Waals surface area (Å²) >= 11 is 0. The molecule has 0 spiro atoms. The molecule has 1 aromatic carbocycles. The van der Waals surface area contributed by atoms with Gasteiger partial charge in [0.2, 0.25) is 0 Å². The first-order valence-electron chi connectivity index (χ1n) is 9.27. The molecule has 4 heteroatoms. The molecule has 1 aliphatic rings. The average molecular weight is 335 g/mol. The van der Waals surface area contributed by atoms with Gasteiger partial charge in [-0.1, -0.05) is 32.0 Å². The van der Waals surface area contributed by atoms with Gasteiger partial charge in [0.25, 0.3) is 0 Å². The number of hydrogen-bond acceptors (Lipinski definition) is 4. The standard InChI is InChI=1S/C20H33NO3/c1-5-16(2)19-8-6-7-9-20(19)23-13-12-22-11-10-21-14-17(3)24-18(4)15-21/h6-9,16-18H,5,10-15H2,1-4H3/t16-,17-,18-/m0/s1. The Morgan fingerprint density at radius 1 is 1.12 bits per heavy atom. The van der Waals surface area contributed by atoms with Crippen LogP contribution in [0.15, 0.2) is 24.3 Å². The normalized spacial score (nSPS) is 23.2. The van der Waals surface area contributed by atoms with Crippen LogP contribution in [0.25, 0.3) is 0 Å². The predicted molar refractivity (Wildman–Crippen MR) is 97.9 cm³/mol. The van der Waals surface area contributed by atoms with Gasteiger partial charge >= 0.3 is 0 Å². The van der Waals surface area contributed by atoms with Gasteiger partial charge in [-0.15, -0.1) is 0 Å². The third kappa shape index (κ3) is 6.08. The van der Waals surface area contributed by atoms with Gasteiger partial charge in [0, 0.05) is 19.6 Å². The Bertz CT molecular complexity index is 470. The molecule has 1 fully saturated rings. The Kier molecular flexibility index (Phi) is 8.03. The lowest BCUT2D eigenvalue weighted by Crippen LogP contribution is -2.46. The van der Waals surface area contributed by atoms with Gasteiger partial charge < -0.3 is 14.2 Å². The monoisotopic (exact) mass is 335 g/mol. The molecule has 0 N–H and O–H groups in total. The fourth-order valence-electron chi connectivity index (χ4n) is 3.21. The van der Waals surface area contributed by atoms with E-state index >= 15 is 0 Å². The molecule has 0 unspecified atom stereocenters. The van der Waals surface area contributed by atoms with E-state index in [9.17, 15) is 0 Å². The topological polar surface area (TPSA) is 30.9 Å². The number of nitrogens with zero attached hydrogens (tertiary/aromatic N) is 1. The highest BCUT2D eigenvalue weighted by Crippen LogP contribution is 2.28. The Hall–Kier alpha value is -1.10. The van der Waals surface area contributed by atoms with Crippen LogP contribution >= 0.6 is 0 Å². The maximum Gasteiger partial charge on any atom is 0.122 e. The molecule has 1 aliphatic heterocycles. The van der Waals surface area contributed by atoms with E-state index in [0.717, 1.165) is 38.4 Å². The highest BCUT2D eigenvalue weighted by atomic mass is 16.5. The lowest BCUT2D eigenvalue weighted by atomic mass is 9.98. The Balaban J connectivity index is 1.63. The largest absolute Gasteiger partial charge is 0.491 e. The van der Waals surface area contributed by atoms with Crippen LogP contribution in [0.3, 0.4) is 0 Å². The molecule has 24 heavy (non-hydrogen) atoms. The molecule has 2 rings (SSSR count). The van der Waals surface area contributed by atoms with Crippen molar-refractivity contribution in [1.29, 1.82) is 0 Å². The molecule has 1 saturated heterocycles. The molecule has 0 aliphatic carbocycles. The van der Waals surface area contributed by atoms with Gasteiger partial charge in [-0.05, 0) is 37.8 Å². The summed E-state index contributed by atoms with van der Waals surface area (Å²) in [5.74, 6) is 1.51. The predicted octanol–water partition coefficient (Wildman–Crippen LogP) is 3.70. The fraction of sp³-hybridized carbons (Fsp3) is 0.700. The van der Waals surface area contributed by atoms with Gasteiger partial charge in [-0.2, -0.15) is 0 Å². The summed E-state index contributed by atoms with van der Waals surface area (Å²) in [6, 6.07) is 8.32. The molecular weight excluding hydrogens is 302 g/mol. The van der Waals surface area contributed by atoms with E-state index in [4.69, 9.17) is 14.2 Å². The second-order valence-corrected chi connectivity index (χ2v) is 6.82. The summed E-state index contributed by atoms with van der Waals surface area (Å²) in [5, 5.41) is 0. The van der Waals surface area contributed by atoms with Crippen LogP contribution in [-0.4, -0.2) is 56.6 Å². The summed E-state index contributed by atoms with van der Waals surface area (Å²) in [5.41, 5.74) is 1.29. The summed E-state index contributed by atoms with van der Waals surface area (Å²) in [7, 11) is 0. The molecule has 0 bridgehead atoms. The number of hydrogen-bond donors (Lipinski definition) is 0. The van der Waals surface area contributed by atoms with Crippen molar-refractivity contribution >= 4 is 0 Å². The number of benzene rings is 1. The Morgan fingerprint density at radius 3 is 2.54 bits per heavy atom. The first-order valence-corrected chi connectivity index (χ1v) is 9.27. The molecule has 3 atom stereocenters. The smallest absolute Gasteiger partial charge is 0.122 e. The summed E-state index contributed by atoms with van der Waals surface area (Å²) < 4.78 is 17.4. The van der Waals surface area contributed by atoms with Gasteiger partial charge in [0.05, 0.1) is 25.4 Å². The van der Waals surface area contributed by atoms with Crippen molar-refractivity contribution in [1.82, 2.24) is 4.90 Å². The van der Waals surface area contributed by atoms with E-state index in [1.165, 1.54) is 5.56 Å². The van der Waals surface area contributed by atoms with E-state index in [2.05, 4.69) is 50.8 Å². The van der Waals surface area contributed by atoms with Crippen molar-refractivity contribution in [2.45, 2.75) is 52.2 Å². The minimum absolute atomic E-state index is 0.314. The molecular formula is C20H33NO3. The first-order chi connectivity index (χ1) is 11.6. The van der Waals surface area contributed by atoms with E-state index in [1.807, 2.05) is 6.07 Å². The molecule has 1 aromatic rings. The number of morpholine rings is 1. The zero-order chi connectivity index (χ0) is 17.4. The minimum atomic E-state index is 0.314. The highest BCUT2D eigenvalue weighted by molar-refractivity contribution is 5.35. The van der Waals surface area contributed by atoms with E-state index < -0.39 is 0 Å². The van der Waals surface area contributed by atoms with Crippen molar-refractivity contribution in [3.63, 3.8) is 0 Å². The van der Waals surface area contributed by atoms with Crippen molar-refractivity contribution in [3.8, 4) is 5.75 Å². The number of para-hydroxylation sites is 1. The van der Waals surface area contributed by atoms with Crippen LogP contribution < -0.4 is 4.74 Å². The van der Waals surface area contributed by atoms with E-state index in [1.54, 1.807) is 0 Å². The Morgan fingerprint density at radius 2 is 1.83 bits per heavy atom. The van der Waals surface area contributed by atoms with Gasteiger partial charge in [-0.3, -0.25) is 4.90 Å². The molecule has 0 aromatic heterocycles.